The van der Waals surface area contributed by atoms with Crippen LogP contribution in [0.4, 0.5) is 4.39 Å². The summed E-state index contributed by atoms with van der Waals surface area (Å²) in [6.07, 6.45) is 0. The SMILES string of the molecule is COc1cc(OC)c(C(=N)c2ccccc2F)c(OC)c1. The molecule has 0 aliphatic carbocycles. The molecule has 4 nitrogen and oxygen atoms in total. The molecule has 0 saturated heterocycles. The molecule has 0 aliphatic heterocycles. The van der Waals surface area contributed by atoms with Crippen LogP contribution < -0.4 is 14.2 Å². The van der Waals surface area contributed by atoms with Crippen LogP contribution in [0.15, 0.2) is 36.4 Å². The molecular formula is C16H16FNO3. The van der Waals surface area contributed by atoms with Crippen LogP contribution in [0, 0.1) is 11.2 Å². The molecule has 2 aromatic rings. The molecule has 1 N–H and O–H groups in total. The minimum absolute atomic E-state index is 0.00977. The van der Waals surface area contributed by atoms with Gasteiger partial charge in [-0.3, -0.25) is 5.41 Å². The Kier molecular flexibility index (Phi) is 4.42. The molecule has 21 heavy (non-hydrogen) atoms. The van der Waals surface area contributed by atoms with E-state index in [2.05, 4.69) is 0 Å². The van der Waals surface area contributed by atoms with Gasteiger partial charge in [0.05, 0.1) is 32.6 Å². The van der Waals surface area contributed by atoms with Gasteiger partial charge in [0.15, 0.2) is 0 Å². The molecule has 2 rings (SSSR count). The highest BCUT2D eigenvalue weighted by atomic mass is 19.1. The summed E-state index contributed by atoms with van der Waals surface area (Å²) < 4.78 is 29.6. The molecule has 0 fully saturated rings. The fraction of sp³-hybridized carbons (Fsp3) is 0.188. The lowest BCUT2D eigenvalue weighted by Gasteiger charge is -2.16. The Bertz CT molecular complexity index is 645. The average Bonchev–Trinajstić information content (AvgIpc) is 2.53. The van der Waals surface area contributed by atoms with Gasteiger partial charge in [0.1, 0.15) is 23.1 Å². The van der Waals surface area contributed by atoms with E-state index in [1.54, 1.807) is 30.3 Å². The van der Waals surface area contributed by atoms with Crippen LogP contribution >= 0.6 is 0 Å². The topological polar surface area (TPSA) is 51.5 Å². The fourth-order valence-electron chi connectivity index (χ4n) is 2.05. The molecule has 5 heteroatoms. The first-order valence-electron chi connectivity index (χ1n) is 6.26. The first kappa shape index (κ1) is 14.8. The van der Waals surface area contributed by atoms with Gasteiger partial charge in [-0.15, -0.1) is 0 Å². The first-order chi connectivity index (χ1) is 10.1. The Labute approximate surface area is 122 Å². The van der Waals surface area contributed by atoms with Gasteiger partial charge in [0.2, 0.25) is 0 Å². The molecule has 0 bridgehead atoms. The summed E-state index contributed by atoms with van der Waals surface area (Å²) in [5.74, 6) is 0.843. The van der Waals surface area contributed by atoms with E-state index in [0.29, 0.717) is 22.8 Å². The Balaban J connectivity index is 2.62. The van der Waals surface area contributed by atoms with Gasteiger partial charge in [-0.25, -0.2) is 4.39 Å². The van der Waals surface area contributed by atoms with Crippen LogP contribution in [0.25, 0.3) is 0 Å². The van der Waals surface area contributed by atoms with Crippen LogP contribution in [0.1, 0.15) is 11.1 Å². The maximum Gasteiger partial charge on any atom is 0.135 e. The number of methoxy groups -OCH3 is 3. The maximum atomic E-state index is 13.9. The Morgan fingerprint density at radius 3 is 2.00 bits per heavy atom. The summed E-state index contributed by atoms with van der Waals surface area (Å²) in [5, 5.41) is 8.29. The van der Waals surface area contributed by atoms with E-state index >= 15 is 0 Å². The molecule has 110 valence electrons. The van der Waals surface area contributed by atoms with E-state index in [1.807, 2.05) is 0 Å². The average molecular weight is 289 g/mol. The Morgan fingerprint density at radius 1 is 0.952 bits per heavy atom. The normalized spacial score (nSPS) is 10.1. The zero-order chi connectivity index (χ0) is 15.4. The molecular weight excluding hydrogens is 273 g/mol. The number of rotatable bonds is 5. The van der Waals surface area contributed by atoms with Gasteiger partial charge in [-0.2, -0.15) is 0 Å². The van der Waals surface area contributed by atoms with Crippen LogP contribution in [0.5, 0.6) is 17.2 Å². The van der Waals surface area contributed by atoms with Crippen molar-refractivity contribution in [1.29, 1.82) is 5.41 Å². The molecule has 0 spiro atoms. The number of benzene rings is 2. The molecule has 0 aliphatic rings. The Hall–Kier alpha value is -2.56. The fourth-order valence-corrected chi connectivity index (χ4v) is 2.05. The zero-order valence-electron chi connectivity index (χ0n) is 12.1. The van der Waals surface area contributed by atoms with Gasteiger partial charge < -0.3 is 14.2 Å². The highest BCUT2D eigenvalue weighted by Crippen LogP contribution is 2.35. The van der Waals surface area contributed by atoms with Crippen LogP contribution in [0.2, 0.25) is 0 Å². The second-order valence-corrected chi connectivity index (χ2v) is 4.26. The molecule has 0 heterocycles. The first-order valence-corrected chi connectivity index (χ1v) is 6.26. The van der Waals surface area contributed by atoms with Crippen LogP contribution in [-0.4, -0.2) is 27.0 Å². The highest BCUT2D eigenvalue weighted by Gasteiger charge is 2.20. The summed E-state index contributed by atoms with van der Waals surface area (Å²) in [5.41, 5.74) is 0.551. The standard InChI is InChI=1S/C16H16FNO3/c1-19-10-8-13(20-2)15(14(9-10)21-3)16(18)11-6-4-5-7-12(11)17/h4-9,18H,1-3H3. The summed E-state index contributed by atoms with van der Waals surface area (Å²) in [4.78, 5) is 0. The van der Waals surface area contributed by atoms with Gasteiger partial charge in [0.25, 0.3) is 0 Å². The van der Waals surface area contributed by atoms with Crippen molar-refractivity contribution in [3.8, 4) is 17.2 Å². The molecule has 0 amide bonds. The predicted molar refractivity (Wildman–Crippen MR) is 78.4 cm³/mol. The van der Waals surface area contributed by atoms with Crippen molar-refractivity contribution in [3.05, 3.63) is 53.3 Å². The van der Waals surface area contributed by atoms with Crippen LogP contribution in [-0.2, 0) is 0 Å². The Morgan fingerprint density at radius 2 is 1.52 bits per heavy atom. The third kappa shape index (κ3) is 2.81. The van der Waals surface area contributed by atoms with Crippen molar-refractivity contribution < 1.29 is 18.6 Å². The second kappa shape index (κ2) is 6.26. The van der Waals surface area contributed by atoms with Crippen molar-refractivity contribution in [2.75, 3.05) is 21.3 Å². The third-order valence-electron chi connectivity index (χ3n) is 3.11. The quantitative estimate of drug-likeness (QED) is 0.859. The van der Waals surface area contributed by atoms with E-state index in [4.69, 9.17) is 19.6 Å². The van der Waals surface area contributed by atoms with E-state index in [1.165, 1.54) is 27.4 Å². The van der Waals surface area contributed by atoms with E-state index in [-0.39, 0.29) is 11.3 Å². The van der Waals surface area contributed by atoms with Gasteiger partial charge in [0, 0.05) is 17.7 Å². The lowest BCUT2D eigenvalue weighted by Crippen LogP contribution is -2.09. The number of halogens is 1. The lowest BCUT2D eigenvalue weighted by molar-refractivity contribution is 0.374. The number of ether oxygens (including phenoxy) is 3. The smallest absolute Gasteiger partial charge is 0.135 e. The summed E-state index contributed by atoms with van der Waals surface area (Å²) in [6.45, 7) is 0. The van der Waals surface area contributed by atoms with Gasteiger partial charge in [-0.05, 0) is 12.1 Å². The lowest BCUT2D eigenvalue weighted by atomic mass is 9.99. The van der Waals surface area contributed by atoms with Crippen LogP contribution in [0.3, 0.4) is 0 Å². The van der Waals surface area contributed by atoms with Gasteiger partial charge in [-0.1, -0.05) is 12.1 Å². The van der Waals surface area contributed by atoms with Gasteiger partial charge >= 0.3 is 0 Å². The predicted octanol–water partition coefficient (Wildman–Crippen LogP) is 3.27. The monoisotopic (exact) mass is 289 g/mol. The largest absolute Gasteiger partial charge is 0.496 e. The van der Waals surface area contributed by atoms with Crippen molar-refractivity contribution >= 4 is 5.71 Å². The second-order valence-electron chi connectivity index (χ2n) is 4.26. The summed E-state index contributed by atoms with van der Waals surface area (Å²) in [7, 11) is 4.48. The van der Waals surface area contributed by atoms with Crippen molar-refractivity contribution in [2.24, 2.45) is 0 Å². The number of nitrogens with one attached hydrogen (secondary N) is 1. The molecule has 0 aromatic heterocycles. The van der Waals surface area contributed by atoms with E-state index in [0.717, 1.165) is 0 Å². The van der Waals surface area contributed by atoms with E-state index in [9.17, 15) is 4.39 Å². The van der Waals surface area contributed by atoms with Crippen molar-refractivity contribution in [1.82, 2.24) is 0 Å². The molecule has 0 atom stereocenters. The minimum Gasteiger partial charge on any atom is -0.496 e. The maximum absolute atomic E-state index is 13.9. The molecule has 0 unspecified atom stereocenters. The number of hydrogen-bond donors (Lipinski definition) is 1. The summed E-state index contributed by atoms with van der Waals surface area (Å²) >= 11 is 0. The number of hydrogen-bond acceptors (Lipinski definition) is 4. The third-order valence-corrected chi connectivity index (χ3v) is 3.11. The van der Waals surface area contributed by atoms with E-state index < -0.39 is 5.82 Å². The summed E-state index contributed by atoms with van der Waals surface area (Å²) in [6, 6.07) is 9.37. The molecule has 2 aromatic carbocycles. The highest BCUT2D eigenvalue weighted by molar-refractivity contribution is 6.14. The minimum atomic E-state index is -0.470. The van der Waals surface area contributed by atoms with Crippen molar-refractivity contribution in [3.63, 3.8) is 0 Å². The zero-order valence-corrected chi connectivity index (χ0v) is 12.1. The molecule has 0 radical (unpaired) electrons. The molecule has 0 saturated carbocycles. The van der Waals surface area contributed by atoms with Crippen molar-refractivity contribution in [2.45, 2.75) is 0 Å².